The molecule has 0 fully saturated rings. The van der Waals surface area contributed by atoms with E-state index in [9.17, 15) is 14.0 Å². The Morgan fingerprint density at radius 1 is 1.12 bits per heavy atom. The number of amides is 1. The molecule has 0 aromatic heterocycles. The number of carbonyl (C=O) groups excluding carboxylic acids is 2. The summed E-state index contributed by atoms with van der Waals surface area (Å²) >= 11 is 5.98. The van der Waals surface area contributed by atoms with E-state index < -0.39 is 5.82 Å². The summed E-state index contributed by atoms with van der Waals surface area (Å²) in [5.41, 5.74) is 0.795. The van der Waals surface area contributed by atoms with Gasteiger partial charge in [0.1, 0.15) is 11.6 Å². The third-order valence-electron chi connectivity index (χ3n) is 3.94. The van der Waals surface area contributed by atoms with Crippen molar-refractivity contribution in [3.63, 3.8) is 0 Å². The van der Waals surface area contributed by atoms with Gasteiger partial charge in [0.25, 0.3) is 0 Å². The zero-order valence-corrected chi connectivity index (χ0v) is 15.6. The van der Waals surface area contributed by atoms with Gasteiger partial charge in [-0.3, -0.25) is 9.59 Å². The van der Waals surface area contributed by atoms with Gasteiger partial charge < -0.3 is 9.64 Å². The fraction of sp³-hybridized carbons (Fsp3) is 0.300. The Morgan fingerprint density at radius 3 is 2.42 bits per heavy atom. The molecule has 26 heavy (non-hydrogen) atoms. The van der Waals surface area contributed by atoms with Gasteiger partial charge in [0.2, 0.25) is 5.91 Å². The normalized spacial score (nSPS) is 10.5. The Morgan fingerprint density at radius 2 is 1.81 bits per heavy atom. The number of benzene rings is 2. The lowest BCUT2D eigenvalue weighted by atomic mass is 10.1. The molecule has 0 saturated carbocycles. The Hall–Kier alpha value is -2.40. The number of carbonyl (C=O) groups is 2. The third kappa shape index (κ3) is 5.30. The molecule has 4 nitrogen and oxygen atoms in total. The number of ether oxygens (including phenoxy) is 1. The molecule has 0 radical (unpaired) electrons. The largest absolute Gasteiger partial charge is 0.494 e. The maximum Gasteiger partial charge on any atom is 0.223 e. The fourth-order valence-electron chi connectivity index (χ4n) is 2.47. The minimum Gasteiger partial charge on any atom is -0.494 e. The maximum absolute atomic E-state index is 13.8. The molecule has 1 amide bonds. The number of rotatable bonds is 8. The average molecular weight is 378 g/mol. The van der Waals surface area contributed by atoms with E-state index in [0.29, 0.717) is 17.9 Å². The lowest BCUT2D eigenvalue weighted by molar-refractivity contribution is -0.130. The van der Waals surface area contributed by atoms with Gasteiger partial charge in [0, 0.05) is 42.6 Å². The minimum absolute atomic E-state index is 0.0502. The summed E-state index contributed by atoms with van der Waals surface area (Å²) in [6.45, 7) is 2.50. The molecule has 0 aliphatic heterocycles. The highest BCUT2D eigenvalue weighted by molar-refractivity contribution is 6.31. The van der Waals surface area contributed by atoms with E-state index in [1.807, 2.05) is 6.92 Å². The van der Waals surface area contributed by atoms with Crippen molar-refractivity contribution in [3.05, 3.63) is 64.4 Å². The summed E-state index contributed by atoms with van der Waals surface area (Å²) in [6, 6.07) is 11.2. The second kappa shape index (κ2) is 9.34. The lowest BCUT2D eigenvalue weighted by Crippen LogP contribution is -2.27. The maximum atomic E-state index is 13.8. The first-order valence-electron chi connectivity index (χ1n) is 8.35. The molecule has 0 heterocycles. The summed E-state index contributed by atoms with van der Waals surface area (Å²) in [5, 5.41) is 0.273. The van der Waals surface area contributed by atoms with Crippen molar-refractivity contribution < 1.29 is 18.7 Å². The van der Waals surface area contributed by atoms with E-state index in [0.717, 1.165) is 0 Å². The SMILES string of the molecule is CCOc1ccc(C(=O)CCC(=O)N(C)Cc2c(F)cccc2Cl)cc1. The van der Waals surface area contributed by atoms with Gasteiger partial charge in [0.05, 0.1) is 6.61 Å². The van der Waals surface area contributed by atoms with E-state index in [-0.39, 0.29) is 41.7 Å². The highest BCUT2D eigenvalue weighted by Gasteiger charge is 2.16. The predicted molar refractivity (Wildman–Crippen MR) is 99.1 cm³/mol. The van der Waals surface area contributed by atoms with Gasteiger partial charge in [-0.05, 0) is 43.3 Å². The second-order valence-electron chi connectivity index (χ2n) is 5.83. The van der Waals surface area contributed by atoms with Gasteiger partial charge in [-0.25, -0.2) is 4.39 Å². The number of ketones is 1. The molecule has 0 N–H and O–H groups in total. The molecular formula is C20H21ClFNO3. The third-order valence-corrected chi connectivity index (χ3v) is 4.29. The molecule has 2 rings (SSSR count). The topological polar surface area (TPSA) is 46.6 Å². The van der Waals surface area contributed by atoms with Crippen LogP contribution in [0.25, 0.3) is 0 Å². The smallest absolute Gasteiger partial charge is 0.223 e. The molecule has 2 aromatic rings. The van der Waals surface area contributed by atoms with Crippen LogP contribution in [-0.2, 0) is 11.3 Å². The van der Waals surface area contributed by atoms with Gasteiger partial charge in [-0.2, -0.15) is 0 Å². The first-order valence-corrected chi connectivity index (χ1v) is 8.73. The van der Waals surface area contributed by atoms with Gasteiger partial charge in [-0.15, -0.1) is 0 Å². The van der Waals surface area contributed by atoms with Crippen LogP contribution in [0.5, 0.6) is 5.75 Å². The average Bonchev–Trinajstić information content (AvgIpc) is 2.63. The van der Waals surface area contributed by atoms with Gasteiger partial charge in [-0.1, -0.05) is 17.7 Å². The monoisotopic (exact) mass is 377 g/mol. The number of Topliss-reactive ketones (excluding diaryl/α,β-unsaturated/α-hetero) is 1. The van der Waals surface area contributed by atoms with E-state index in [2.05, 4.69) is 0 Å². The van der Waals surface area contributed by atoms with Crippen molar-refractivity contribution in [1.82, 2.24) is 4.90 Å². The Labute approximate surface area is 157 Å². The highest BCUT2D eigenvalue weighted by atomic mass is 35.5. The molecule has 2 aromatic carbocycles. The van der Waals surface area contributed by atoms with Crippen LogP contribution in [-0.4, -0.2) is 30.2 Å². The van der Waals surface area contributed by atoms with Crippen molar-refractivity contribution in [2.24, 2.45) is 0 Å². The fourth-order valence-corrected chi connectivity index (χ4v) is 2.69. The Kier molecular flexibility index (Phi) is 7.16. The highest BCUT2D eigenvalue weighted by Crippen LogP contribution is 2.21. The van der Waals surface area contributed by atoms with E-state index >= 15 is 0 Å². The second-order valence-corrected chi connectivity index (χ2v) is 6.24. The molecule has 0 aliphatic carbocycles. The van der Waals surface area contributed by atoms with Gasteiger partial charge in [0.15, 0.2) is 5.78 Å². The zero-order valence-electron chi connectivity index (χ0n) is 14.8. The standard InChI is InChI=1S/C20H21ClFNO3/c1-3-26-15-9-7-14(8-10-15)19(24)11-12-20(25)23(2)13-16-17(21)5-4-6-18(16)22/h4-10H,3,11-13H2,1-2H3. The number of halogens is 2. The van der Waals surface area contributed by atoms with Crippen molar-refractivity contribution in [2.75, 3.05) is 13.7 Å². The van der Waals surface area contributed by atoms with Crippen LogP contribution < -0.4 is 4.74 Å². The Bertz CT molecular complexity index is 757. The van der Waals surface area contributed by atoms with E-state index in [1.165, 1.54) is 17.0 Å². The number of nitrogens with zero attached hydrogens (tertiary/aromatic N) is 1. The zero-order chi connectivity index (χ0) is 19.1. The Balaban J connectivity index is 1.89. The van der Waals surface area contributed by atoms with Crippen LogP contribution in [0.4, 0.5) is 4.39 Å². The molecule has 138 valence electrons. The molecular weight excluding hydrogens is 357 g/mol. The van der Waals surface area contributed by atoms with Crippen LogP contribution in [0, 0.1) is 5.82 Å². The van der Waals surface area contributed by atoms with Crippen LogP contribution >= 0.6 is 11.6 Å². The minimum atomic E-state index is -0.456. The molecule has 6 heteroatoms. The summed E-state index contributed by atoms with van der Waals surface area (Å²) < 4.78 is 19.1. The lowest BCUT2D eigenvalue weighted by Gasteiger charge is -2.18. The summed E-state index contributed by atoms with van der Waals surface area (Å²) in [4.78, 5) is 25.8. The van der Waals surface area contributed by atoms with Crippen molar-refractivity contribution in [2.45, 2.75) is 26.3 Å². The number of hydrogen-bond donors (Lipinski definition) is 0. The molecule has 0 unspecified atom stereocenters. The van der Waals surface area contributed by atoms with Crippen molar-refractivity contribution in [1.29, 1.82) is 0 Å². The van der Waals surface area contributed by atoms with Crippen LogP contribution in [0.1, 0.15) is 35.7 Å². The van der Waals surface area contributed by atoms with Crippen LogP contribution in [0.2, 0.25) is 5.02 Å². The predicted octanol–water partition coefficient (Wildman–Crippen LogP) is 4.50. The van der Waals surface area contributed by atoms with Crippen LogP contribution in [0.3, 0.4) is 0 Å². The van der Waals surface area contributed by atoms with E-state index in [1.54, 1.807) is 37.4 Å². The molecule has 0 atom stereocenters. The molecule has 0 spiro atoms. The van der Waals surface area contributed by atoms with Crippen molar-refractivity contribution in [3.8, 4) is 5.75 Å². The molecule has 0 saturated heterocycles. The summed E-state index contributed by atoms with van der Waals surface area (Å²) in [7, 11) is 1.56. The summed E-state index contributed by atoms with van der Waals surface area (Å²) in [6.07, 6.45) is 0.136. The van der Waals surface area contributed by atoms with Crippen LogP contribution in [0.15, 0.2) is 42.5 Å². The van der Waals surface area contributed by atoms with Crippen molar-refractivity contribution >= 4 is 23.3 Å². The molecule has 0 bridgehead atoms. The summed E-state index contributed by atoms with van der Waals surface area (Å²) in [5.74, 6) is -0.133. The first-order chi connectivity index (χ1) is 12.4. The quantitative estimate of drug-likeness (QED) is 0.636. The molecule has 0 aliphatic rings. The number of hydrogen-bond acceptors (Lipinski definition) is 3. The van der Waals surface area contributed by atoms with E-state index in [4.69, 9.17) is 16.3 Å². The first kappa shape index (κ1) is 19.9. The van der Waals surface area contributed by atoms with Gasteiger partial charge >= 0.3 is 0 Å².